The highest BCUT2D eigenvalue weighted by Crippen LogP contribution is 2.35. The van der Waals surface area contributed by atoms with Gasteiger partial charge in [-0.2, -0.15) is 0 Å². The van der Waals surface area contributed by atoms with E-state index < -0.39 is 0 Å². The van der Waals surface area contributed by atoms with Crippen LogP contribution in [-0.4, -0.2) is 28.5 Å². The van der Waals surface area contributed by atoms with Crippen LogP contribution in [0, 0.1) is 0 Å². The highest BCUT2D eigenvalue weighted by molar-refractivity contribution is 5.96. The first-order valence-corrected chi connectivity index (χ1v) is 8.33. The van der Waals surface area contributed by atoms with E-state index in [1.807, 2.05) is 18.2 Å². The van der Waals surface area contributed by atoms with E-state index in [0.29, 0.717) is 5.92 Å². The Morgan fingerprint density at radius 2 is 1.96 bits per heavy atom. The Morgan fingerprint density at radius 3 is 2.62 bits per heavy atom. The standard InChI is InChI=1S/C17H22N4O.2ClH/c22-17(14-6-1-2-9-18-14)19-12-7-8-13-15(10-12)21-16(20-13)11-4-3-5-11;;/h7-8,10-11,14,18H,1-6,9H2,(H,19,22)(H,20,21);2*1H/t14-;;/m1../s1. The molecule has 7 heteroatoms. The van der Waals surface area contributed by atoms with Gasteiger partial charge in [-0.1, -0.05) is 12.8 Å². The molecule has 1 aromatic heterocycles. The number of nitrogens with zero attached hydrogens (tertiary/aromatic N) is 1. The van der Waals surface area contributed by atoms with Gasteiger partial charge in [0.05, 0.1) is 17.1 Å². The van der Waals surface area contributed by atoms with E-state index in [0.717, 1.165) is 48.4 Å². The summed E-state index contributed by atoms with van der Waals surface area (Å²) in [7, 11) is 0. The fourth-order valence-corrected chi connectivity index (χ4v) is 3.29. The summed E-state index contributed by atoms with van der Waals surface area (Å²) in [5, 5.41) is 6.30. The van der Waals surface area contributed by atoms with E-state index in [-0.39, 0.29) is 36.8 Å². The number of rotatable bonds is 3. The van der Waals surface area contributed by atoms with Crippen molar-refractivity contribution in [3.63, 3.8) is 0 Å². The zero-order chi connectivity index (χ0) is 14.9. The van der Waals surface area contributed by atoms with Crippen LogP contribution in [0.1, 0.15) is 50.3 Å². The number of H-pyrrole nitrogens is 1. The van der Waals surface area contributed by atoms with Crippen molar-refractivity contribution in [1.82, 2.24) is 15.3 Å². The Kier molecular flexibility index (Phi) is 6.49. The van der Waals surface area contributed by atoms with E-state index in [1.165, 1.54) is 19.3 Å². The zero-order valence-electron chi connectivity index (χ0n) is 13.5. The third kappa shape index (κ3) is 3.85. The van der Waals surface area contributed by atoms with Gasteiger partial charge in [0.25, 0.3) is 0 Å². The molecule has 0 spiro atoms. The maximum atomic E-state index is 12.3. The van der Waals surface area contributed by atoms with Gasteiger partial charge in [0.2, 0.25) is 5.91 Å². The molecule has 2 aromatic rings. The first-order chi connectivity index (χ1) is 10.8. The zero-order valence-corrected chi connectivity index (χ0v) is 15.1. The van der Waals surface area contributed by atoms with Gasteiger partial charge in [-0.3, -0.25) is 4.79 Å². The van der Waals surface area contributed by atoms with Crippen molar-refractivity contribution in [1.29, 1.82) is 0 Å². The lowest BCUT2D eigenvalue weighted by Crippen LogP contribution is -2.43. The van der Waals surface area contributed by atoms with Crippen molar-refractivity contribution >= 4 is 47.4 Å². The molecule has 4 rings (SSSR count). The molecule has 2 fully saturated rings. The molecule has 3 N–H and O–H groups in total. The van der Waals surface area contributed by atoms with Gasteiger partial charge in [0.1, 0.15) is 5.82 Å². The molecule has 1 saturated heterocycles. The number of aromatic amines is 1. The van der Waals surface area contributed by atoms with Crippen LogP contribution in [0.3, 0.4) is 0 Å². The van der Waals surface area contributed by atoms with Crippen LogP contribution in [-0.2, 0) is 4.79 Å². The molecular weight excluding hydrogens is 347 g/mol. The Bertz CT molecular complexity index is 693. The van der Waals surface area contributed by atoms with Gasteiger partial charge in [-0.25, -0.2) is 4.98 Å². The average Bonchev–Trinajstić information content (AvgIpc) is 2.88. The molecule has 0 bridgehead atoms. The first kappa shape index (κ1) is 19.0. The lowest BCUT2D eigenvalue weighted by Gasteiger charge is -2.22. The van der Waals surface area contributed by atoms with Crippen LogP contribution < -0.4 is 10.6 Å². The molecule has 1 aliphatic carbocycles. The fourth-order valence-electron chi connectivity index (χ4n) is 3.29. The number of carbonyl (C=O) groups excluding carboxylic acids is 1. The average molecular weight is 371 g/mol. The molecule has 2 heterocycles. The monoisotopic (exact) mass is 370 g/mol. The number of imidazole rings is 1. The van der Waals surface area contributed by atoms with Gasteiger partial charge in [-0.05, 0) is 50.4 Å². The van der Waals surface area contributed by atoms with E-state index >= 15 is 0 Å². The van der Waals surface area contributed by atoms with Crippen LogP contribution in [0.25, 0.3) is 11.0 Å². The predicted molar refractivity (Wildman–Crippen MR) is 101 cm³/mol. The highest BCUT2D eigenvalue weighted by Gasteiger charge is 2.23. The van der Waals surface area contributed by atoms with Gasteiger partial charge in [0, 0.05) is 11.6 Å². The van der Waals surface area contributed by atoms with Crippen molar-refractivity contribution in [3.8, 4) is 0 Å². The van der Waals surface area contributed by atoms with Crippen molar-refractivity contribution < 1.29 is 4.79 Å². The van der Waals surface area contributed by atoms with Crippen LogP contribution in [0.4, 0.5) is 5.69 Å². The van der Waals surface area contributed by atoms with Crippen LogP contribution in [0.15, 0.2) is 18.2 Å². The molecule has 24 heavy (non-hydrogen) atoms. The van der Waals surface area contributed by atoms with Crippen molar-refractivity contribution in [2.75, 3.05) is 11.9 Å². The number of hydrogen-bond donors (Lipinski definition) is 3. The van der Waals surface area contributed by atoms with E-state index in [1.54, 1.807) is 0 Å². The molecule has 0 unspecified atom stereocenters. The topological polar surface area (TPSA) is 69.8 Å². The van der Waals surface area contributed by atoms with Crippen molar-refractivity contribution in [2.45, 2.75) is 50.5 Å². The summed E-state index contributed by atoms with van der Waals surface area (Å²) >= 11 is 0. The van der Waals surface area contributed by atoms with Crippen molar-refractivity contribution in [2.24, 2.45) is 0 Å². The molecule has 1 aromatic carbocycles. The third-order valence-electron chi connectivity index (χ3n) is 4.89. The Morgan fingerprint density at radius 1 is 1.12 bits per heavy atom. The van der Waals surface area contributed by atoms with Gasteiger partial charge in [0.15, 0.2) is 0 Å². The third-order valence-corrected chi connectivity index (χ3v) is 4.89. The number of halogens is 2. The second kappa shape index (κ2) is 8.19. The molecule has 1 saturated carbocycles. The van der Waals surface area contributed by atoms with Crippen LogP contribution in [0.5, 0.6) is 0 Å². The summed E-state index contributed by atoms with van der Waals surface area (Å²) in [6.45, 7) is 0.933. The summed E-state index contributed by atoms with van der Waals surface area (Å²) in [5.74, 6) is 1.76. The lowest BCUT2D eigenvalue weighted by atomic mass is 9.85. The maximum absolute atomic E-state index is 12.3. The normalized spacial score (nSPS) is 20.6. The smallest absolute Gasteiger partial charge is 0.241 e. The number of piperidine rings is 1. The maximum Gasteiger partial charge on any atom is 0.241 e. The predicted octanol–water partition coefficient (Wildman–Crippen LogP) is 3.75. The Hall–Kier alpha value is -1.30. The van der Waals surface area contributed by atoms with E-state index in [9.17, 15) is 4.79 Å². The molecule has 1 atom stereocenters. The first-order valence-electron chi connectivity index (χ1n) is 8.33. The molecule has 0 radical (unpaired) electrons. The number of fused-ring (bicyclic) bond motifs is 1. The number of anilines is 1. The second-order valence-electron chi connectivity index (χ2n) is 6.47. The molecule has 132 valence electrons. The lowest BCUT2D eigenvalue weighted by molar-refractivity contribution is -0.118. The second-order valence-corrected chi connectivity index (χ2v) is 6.47. The number of amides is 1. The summed E-state index contributed by atoms with van der Waals surface area (Å²) in [6.07, 6.45) is 6.97. The van der Waals surface area contributed by atoms with Gasteiger partial charge >= 0.3 is 0 Å². The largest absolute Gasteiger partial charge is 0.342 e. The molecule has 2 aliphatic rings. The molecule has 5 nitrogen and oxygen atoms in total. The minimum Gasteiger partial charge on any atom is -0.342 e. The molecule has 1 aliphatic heterocycles. The Labute approximate surface area is 154 Å². The number of benzene rings is 1. The number of carbonyl (C=O) groups is 1. The van der Waals surface area contributed by atoms with E-state index in [2.05, 4.69) is 20.6 Å². The summed E-state index contributed by atoms with van der Waals surface area (Å²) < 4.78 is 0. The summed E-state index contributed by atoms with van der Waals surface area (Å²) in [4.78, 5) is 20.3. The van der Waals surface area contributed by atoms with Crippen LogP contribution in [0.2, 0.25) is 0 Å². The highest BCUT2D eigenvalue weighted by atomic mass is 35.5. The summed E-state index contributed by atoms with van der Waals surface area (Å²) in [5.41, 5.74) is 2.83. The van der Waals surface area contributed by atoms with Crippen molar-refractivity contribution in [3.05, 3.63) is 24.0 Å². The minimum atomic E-state index is -0.0586. The van der Waals surface area contributed by atoms with E-state index in [4.69, 9.17) is 0 Å². The number of hydrogen-bond acceptors (Lipinski definition) is 3. The fraction of sp³-hybridized carbons (Fsp3) is 0.529. The SMILES string of the molecule is Cl.Cl.O=C(Nc1ccc2nc(C3CCC3)[nH]c2c1)[C@H]1CCCCN1. The number of aromatic nitrogens is 2. The molecular formula is C17H24Cl2N4O. The quantitative estimate of drug-likeness (QED) is 0.770. The van der Waals surface area contributed by atoms with Crippen LogP contribution >= 0.6 is 24.8 Å². The summed E-state index contributed by atoms with van der Waals surface area (Å²) in [6, 6.07) is 5.86. The minimum absolute atomic E-state index is 0. The Balaban J connectivity index is 0.00000104. The van der Waals surface area contributed by atoms with Gasteiger partial charge in [-0.15, -0.1) is 24.8 Å². The molecule has 1 amide bonds. The van der Waals surface area contributed by atoms with Gasteiger partial charge < -0.3 is 15.6 Å². The number of nitrogens with one attached hydrogen (secondary N) is 3.